The molecular weight excluding hydrogens is 322 g/mol. The van der Waals surface area contributed by atoms with Gasteiger partial charge in [0.2, 0.25) is 0 Å². The van der Waals surface area contributed by atoms with Crippen LogP contribution in [0.3, 0.4) is 0 Å². The Morgan fingerprint density at radius 3 is 2.60 bits per heavy atom. The fourth-order valence-electron chi connectivity index (χ4n) is 1.95. The van der Waals surface area contributed by atoms with Gasteiger partial charge >= 0.3 is 12.1 Å². The Balaban J connectivity index is 1.86. The predicted octanol–water partition coefficient (Wildman–Crippen LogP) is 2.67. The minimum atomic E-state index is -1.07. The van der Waals surface area contributed by atoms with E-state index in [1.54, 1.807) is 6.07 Å². The minimum Gasteiger partial charge on any atom is -0.497 e. The normalized spacial score (nSPS) is 9.48. The third-order valence-corrected chi connectivity index (χ3v) is 3.16. The first-order valence-electron chi connectivity index (χ1n) is 7.44. The van der Waals surface area contributed by atoms with Crippen LogP contribution in [0.2, 0.25) is 0 Å². The second-order valence-electron chi connectivity index (χ2n) is 4.97. The van der Waals surface area contributed by atoms with Gasteiger partial charge in [0.25, 0.3) is 0 Å². The molecule has 6 heteroatoms. The standard InChI is InChI=1S/C19H17NO5/c1-24-17-11-15(10-16(12-17)18(21)22)8-5-9-20-19(23)25-13-14-6-3-2-4-7-14/h2-4,6-7,10-12H,9,13H2,1H3,(H,20,23)(H,21,22). The number of amides is 1. The maximum atomic E-state index is 11.6. The summed E-state index contributed by atoms with van der Waals surface area (Å²) in [5, 5.41) is 11.6. The van der Waals surface area contributed by atoms with Crippen molar-refractivity contribution in [1.29, 1.82) is 0 Å². The Hall–Kier alpha value is -3.46. The molecule has 6 nitrogen and oxygen atoms in total. The molecule has 0 aliphatic rings. The van der Waals surface area contributed by atoms with Gasteiger partial charge in [0.05, 0.1) is 19.2 Å². The van der Waals surface area contributed by atoms with Crippen molar-refractivity contribution in [3.05, 3.63) is 65.2 Å². The molecule has 0 fully saturated rings. The second kappa shape index (κ2) is 8.99. The van der Waals surface area contributed by atoms with E-state index in [1.165, 1.54) is 19.2 Å². The van der Waals surface area contributed by atoms with Gasteiger partial charge in [-0.25, -0.2) is 9.59 Å². The minimum absolute atomic E-state index is 0.0766. The van der Waals surface area contributed by atoms with E-state index >= 15 is 0 Å². The molecule has 128 valence electrons. The molecule has 0 aliphatic heterocycles. The maximum absolute atomic E-state index is 11.6. The predicted molar refractivity (Wildman–Crippen MR) is 91.5 cm³/mol. The average Bonchev–Trinajstić information content (AvgIpc) is 2.64. The number of carbonyl (C=O) groups excluding carboxylic acids is 1. The molecule has 2 aromatic carbocycles. The molecule has 0 bridgehead atoms. The molecule has 1 amide bonds. The number of benzene rings is 2. The van der Waals surface area contributed by atoms with Gasteiger partial charge in [-0.1, -0.05) is 42.2 Å². The van der Waals surface area contributed by atoms with Gasteiger partial charge in [0.15, 0.2) is 0 Å². The molecule has 0 unspecified atom stereocenters. The molecule has 25 heavy (non-hydrogen) atoms. The van der Waals surface area contributed by atoms with Crippen molar-refractivity contribution in [2.75, 3.05) is 13.7 Å². The summed E-state index contributed by atoms with van der Waals surface area (Å²) in [6, 6.07) is 13.8. The van der Waals surface area contributed by atoms with Crippen molar-refractivity contribution in [3.8, 4) is 17.6 Å². The largest absolute Gasteiger partial charge is 0.497 e. The van der Waals surface area contributed by atoms with Crippen LogP contribution in [0.5, 0.6) is 5.75 Å². The van der Waals surface area contributed by atoms with E-state index in [-0.39, 0.29) is 18.7 Å². The lowest BCUT2D eigenvalue weighted by molar-refractivity contribution is 0.0696. The Morgan fingerprint density at radius 2 is 1.92 bits per heavy atom. The van der Waals surface area contributed by atoms with Gasteiger partial charge in [0, 0.05) is 5.56 Å². The van der Waals surface area contributed by atoms with Gasteiger partial charge in [-0.15, -0.1) is 0 Å². The number of hydrogen-bond donors (Lipinski definition) is 2. The Bertz CT molecular complexity index is 806. The Morgan fingerprint density at radius 1 is 1.16 bits per heavy atom. The number of carboxylic acid groups (broad SMARTS) is 1. The molecule has 0 saturated heterocycles. The zero-order valence-corrected chi connectivity index (χ0v) is 13.6. The summed E-state index contributed by atoms with van der Waals surface area (Å²) in [6.45, 7) is 0.255. The summed E-state index contributed by atoms with van der Waals surface area (Å²) in [6.07, 6.45) is -0.574. The molecule has 2 aromatic rings. The van der Waals surface area contributed by atoms with Crippen LogP contribution < -0.4 is 10.1 Å². The van der Waals surface area contributed by atoms with E-state index in [0.29, 0.717) is 11.3 Å². The van der Waals surface area contributed by atoms with Crippen molar-refractivity contribution >= 4 is 12.1 Å². The molecule has 0 spiro atoms. The molecule has 0 atom stereocenters. The second-order valence-corrected chi connectivity index (χ2v) is 4.97. The van der Waals surface area contributed by atoms with Crippen molar-refractivity contribution in [1.82, 2.24) is 5.32 Å². The smallest absolute Gasteiger partial charge is 0.408 e. The van der Waals surface area contributed by atoms with E-state index in [1.807, 2.05) is 30.3 Å². The van der Waals surface area contributed by atoms with E-state index in [2.05, 4.69) is 17.2 Å². The van der Waals surface area contributed by atoms with Gasteiger partial charge < -0.3 is 19.9 Å². The van der Waals surface area contributed by atoms with Crippen LogP contribution in [-0.2, 0) is 11.3 Å². The molecule has 0 aromatic heterocycles. The number of aromatic carboxylic acids is 1. The first kappa shape index (κ1) is 17.9. The zero-order valence-electron chi connectivity index (χ0n) is 13.6. The van der Waals surface area contributed by atoms with Gasteiger partial charge in [-0.3, -0.25) is 0 Å². The lowest BCUT2D eigenvalue weighted by Crippen LogP contribution is -2.24. The van der Waals surface area contributed by atoms with E-state index < -0.39 is 12.1 Å². The van der Waals surface area contributed by atoms with Crippen LogP contribution in [0.15, 0.2) is 48.5 Å². The molecule has 2 N–H and O–H groups in total. The highest BCUT2D eigenvalue weighted by molar-refractivity contribution is 5.88. The number of carbonyl (C=O) groups is 2. The number of hydrogen-bond acceptors (Lipinski definition) is 4. The van der Waals surface area contributed by atoms with Crippen LogP contribution in [0.25, 0.3) is 0 Å². The van der Waals surface area contributed by atoms with Gasteiger partial charge in [-0.05, 0) is 23.8 Å². The number of nitrogens with one attached hydrogen (secondary N) is 1. The highest BCUT2D eigenvalue weighted by atomic mass is 16.5. The number of rotatable bonds is 5. The van der Waals surface area contributed by atoms with Crippen LogP contribution >= 0.6 is 0 Å². The van der Waals surface area contributed by atoms with Crippen LogP contribution in [-0.4, -0.2) is 30.8 Å². The molecular formula is C19H17NO5. The first-order chi connectivity index (χ1) is 12.1. The van der Waals surface area contributed by atoms with E-state index in [0.717, 1.165) is 5.56 Å². The number of ether oxygens (including phenoxy) is 2. The third-order valence-electron chi connectivity index (χ3n) is 3.16. The zero-order chi connectivity index (χ0) is 18.1. The fraction of sp³-hybridized carbons (Fsp3) is 0.158. The number of methoxy groups -OCH3 is 1. The summed E-state index contributed by atoms with van der Waals surface area (Å²) in [5.41, 5.74) is 1.45. The Kier molecular flexibility index (Phi) is 6.43. The van der Waals surface area contributed by atoms with Crippen molar-refractivity contribution in [2.45, 2.75) is 6.61 Å². The SMILES string of the molecule is COc1cc(C#CCNC(=O)OCc2ccccc2)cc(C(=O)O)c1. The summed E-state index contributed by atoms with van der Waals surface area (Å²) in [7, 11) is 1.45. The first-order valence-corrected chi connectivity index (χ1v) is 7.44. The summed E-state index contributed by atoms with van der Waals surface area (Å²) in [5.74, 6) is 4.86. The average molecular weight is 339 g/mol. The van der Waals surface area contributed by atoms with E-state index in [9.17, 15) is 9.59 Å². The van der Waals surface area contributed by atoms with Gasteiger partial charge in [0.1, 0.15) is 12.4 Å². The lowest BCUT2D eigenvalue weighted by atomic mass is 10.1. The topological polar surface area (TPSA) is 84.9 Å². The monoisotopic (exact) mass is 339 g/mol. The summed E-state index contributed by atoms with van der Waals surface area (Å²) < 4.78 is 10.1. The summed E-state index contributed by atoms with van der Waals surface area (Å²) >= 11 is 0. The van der Waals surface area contributed by atoms with Crippen molar-refractivity contribution in [2.24, 2.45) is 0 Å². The molecule has 0 heterocycles. The van der Waals surface area contributed by atoms with Crippen molar-refractivity contribution < 1.29 is 24.2 Å². The fourth-order valence-corrected chi connectivity index (χ4v) is 1.95. The molecule has 0 saturated carbocycles. The van der Waals surface area contributed by atoms with E-state index in [4.69, 9.17) is 14.6 Å². The van der Waals surface area contributed by atoms with Crippen molar-refractivity contribution in [3.63, 3.8) is 0 Å². The Labute approximate surface area is 145 Å². The lowest BCUT2D eigenvalue weighted by Gasteiger charge is -2.04. The van der Waals surface area contributed by atoms with Crippen LogP contribution in [0, 0.1) is 11.8 Å². The van der Waals surface area contributed by atoms with Crippen LogP contribution in [0.4, 0.5) is 4.79 Å². The molecule has 0 radical (unpaired) electrons. The molecule has 0 aliphatic carbocycles. The maximum Gasteiger partial charge on any atom is 0.408 e. The highest BCUT2D eigenvalue weighted by Gasteiger charge is 2.06. The van der Waals surface area contributed by atoms with Gasteiger partial charge in [-0.2, -0.15) is 0 Å². The van der Waals surface area contributed by atoms with Crippen LogP contribution in [0.1, 0.15) is 21.5 Å². The molecule has 2 rings (SSSR count). The highest BCUT2D eigenvalue weighted by Crippen LogP contribution is 2.16. The quantitative estimate of drug-likeness (QED) is 0.818. The number of alkyl carbamates (subject to hydrolysis) is 1. The third kappa shape index (κ3) is 5.92. The number of carboxylic acids is 1. The summed E-state index contributed by atoms with van der Waals surface area (Å²) in [4.78, 5) is 22.6.